The molecule has 10 heteroatoms. The summed E-state index contributed by atoms with van der Waals surface area (Å²) in [6.07, 6.45) is 7.67. The van der Waals surface area contributed by atoms with Gasteiger partial charge in [0.05, 0.1) is 12.2 Å². The molecule has 2 fully saturated rings. The zero-order valence-electron chi connectivity index (χ0n) is 14.0. The van der Waals surface area contributed by atoms with Crippen molar-refractivity contribution in [2.24, 2.45) is 4.99 Å². The number of nitrogens with one attached hydrogen (secondary N) is 2. The Morgan fingerprint density at radius 3 is 2.73 bits per heavy atom. The van der Waals surface area contributed by atoms with Gasteiger partial charge in [-0.1, -0.05) is 0 Å². The molecule has 1 aliphatic heterocycles. The molecule has 0 aromatic carbocycles. The Hall–Kier alpha value is -3.17. The van der Waals surface area contributed by atoms with Crippen molar-refractivity contribution in [1.82, 2.24) is 29.5 Å². The third-order valence-corrected chi connectivity index (χ3v) is 4.64. The third-order valence-electron chi connectivity index (χ3n) is 4.64. The standard InChI is InChI=1S/C16H18N8O2/c25-13-11(19-16(26)21-13)7-9-8-17-24-12(9)20-14(23-5-1-2-6-23)22-15(24)18-10-3-4-10/h7-8,10,25H,1-6H2,(H2,19,21,26). The van der Waals surface area contributed by atoms with Crippen LogP contribution < -0.4 is 21.4 Å². The minimum Gasteiger partial charge on any atom is -0.493 e. The summed E-state index contributed by atoms with van der Waals surface area (Å²) < 4.78 is 1.62. The zero-order chi connectivity index (χ0) is 17.7. The van der Waals surface area contributed by atoms with Crippen LogP contribution in [0.1, 0.15) is 31.4 Å². The van der Waals surface area contributed by atoms with E-state index in [9.17, 15) is 9.90 Å². The van der Waals surface area contributed by atoms with Gasteiger partial charge in [0.25, 0.3) is 5.62 Å². The van der Waals surface area contributed by atoms with Gasteiger partial charge in [0.15, 0.2) is 5.65 Å². The van der Waals surface area contributed by atoms with Gasteiger partial charge in [-0.2, -0.15) is 19.6 Å². The van der Waals surface area contributed by atoms with Gasteiger partial charge in [0, 0.05) is 18.3 Å². The van der Waals surface area contributed by atoms with E-state index in [1.807, 2.05) is 0 Å². The lowest BCUT2D eigenvalue weighted by atomic mass is 10.3. The molecule has 1 aliphatic carbocycles. The predicted octanol–water partition coefficient (Wildman–Crippen LogP) is -0.943. The van der Waals surface area contributed by atoms with E-state index in [4.69, 9.17) is 0 Å². The number of rotatable bonds is 3. The minimum atomic E-state index is -0.470. The lowest BCUT2D eigenvalue weighted by Gasteiger charge is -2.14. The largest absolute Gasteiger partial charge is 0.493 e. The number of anilines is 1. The van der Waals surface area contributed by atoms with E-state index in [2.05, 4.69) is 34.9 Å². The highest BCUT2D eigenvalue weighted by molar-refractivity contribution is 5.57. The molecule has 5 rings (SSSR count). The maximum absolute atomic E-state index is 11.4. The molecular formula is C16H18N8O2. The highest BCUT2D eigenvalue weighted by Gasteiger charge is 2.22. The van der Waals surface area contributed by atoms with Gasteiger partial charge in [0.1, 0.15) is 5.69 Å². The number of fused-ring (bicyclic) bond motifs is 1. The van der Waals surface area contributed by atoms with E-state index >= 15 is 0 Å². The molecule has 10 nitrogen and oxygen atoms in total. The average molecular weight is 354 g/mol. The van der Waals surface area contributed by atoms with Crippen molar-refractivity contribution in [3.05, 3.63) is 33.2 Å². The van der Waals surface area contributed by atoms with E-state index in [1.54, 1.807) is 16.8 Å². The monoisotopic (exact) mass is 354 g/mol. The molecule has 0 spiro atoms. The number of aromatic amines is 2. The van der Waals surface area contributed by atoms with Crippen molar-refractivity contribution < 1.29 is 5.11 Å². The van der Waals surface area contributed by atoms with Crippen LogP contribution in [-0.4, -0.2) is 53.8 Å². The molecule has 1 saturated heterocycles. The Morgan fingerprint density at radius 1 is 1.23 bits per heavy atom. The molecule has 134 valence electrons. The van der Waals surface area contributed by atoms with Crippen LogP contribution in [0.4, 0.5) is 5.95 Å². The minimum absolute atomic E-state index is 0.217. The Balaban J connectivity index is 1.74. The van der Waals surface area contributed by atoms with Crippen LogP contribution in [-0.2, 0) is 0 Å². The smallest absolute Gasteiger partial charge is 0.326 e. The molecule has 3 N–H and O–H groups in total. The zero-order valence-corrected chi connectivity index (χ0v) is 14.0. The Morgan fingerprint density at radius 2 is 2.04 bits per heavy atom. The summed E-state index contributed by atoms with van der Waals surface area (Å²) in [7, 11) is 0. The van der Waals surface area contributed by atoms with E-state index in [0.717, 1.165) is 38.8 Å². The second-order valence-corrected chi connectivity index (χ2v) is 6.70. The fourth-order valence-electron chi connectivity index (χ4n) is 3.13. The topological polar surface area (TPSA) is 128 Å². The normalized spacial score (nSPS) is 19.2. The van der Waals surface area contributed by atoms with Gasteiger partial charge in [-0.3, -0.25) is 4.98 Å². The number of aromatic hydroxyl groups is 1. The number of hydrogen-bond acceptors (Lipinski definition) is 7. The quantitative estimate of drug-likeness (QED) is 0.557. The second kappa shape index (κ2) is 5.68. The van der Waals surface area contributed by atoms with Crippen molar-refractivity contribution in [3.63, 3.8) is 0 Å². The van der Waals surface area contributed by atoms with Gasteiger partial charge in [-0.15, -0.1) is 0 Å². The van der Waals surface area contributed by atoms with Crippen molar-refractivity contribution in [2.45, 2.75) is 31.7 Å². The summed E-state index contributed by atoms with van der Waals surface area (Å²) in [5, 5.41) is 14.8. The Bertz CT molecular complexity index is 1150. The number of H-pyrrole nitrogens is 2. The summed E-state index contributed by atoms with van der Waals surface area (Å²) in [4.78, 5) is 32.3. The summed E-state index contributed by atoms with van der Waals surface area (Å²) in [6, 6.07) is 0.307. The molecule has 0 atom stereocenters. The SMILES string of the molecule is O=c1[nH]c(O)c(C=c2cnn3c(=NC4CC4)nc(N4CCCC4)nc23)[nH]1. The maximum Gasteiger partial charge on any atom is 0.326 e. The van der Waals surface area contributed by atoms with Crippen molar-refractivity contribution in [2.75, 3.05) is 18.0 Å². The first-order chi connectivity index (χ1) is 12.7. The summed E-state index contributed by atoms with van der Waals surface area (Å²) in [5.74, 6) is 0.433. The molecule has 1 saturated carbocycles. The molecule has 4 heterocycles. The molecule has 0 bridgehead atoms. The number of hydrogen-bond donors (Lipinski definition) is 3. The first-order valence-electron chi connectivity index (χ1n) is 8.75. The van der Waals surface area contributed by atoms with Crippen molar-refractivity contribution >= 4 is 17.7 Å². The highest BCUT2D eigenvalue weighted by Crippen LogP contribution is 2.22. The second-order valence-electron chi connectivity index (χ2n) is 6.70. The number of nitrogens with zero attached hydrogens (tertiary/aromatic N) is 6. The average Bonchev–Trinajstić information content (AvgIpc) is 3.01. The molecule has 0 radical (unpaired) electrons. The molecular weight excluding hydrogens is 336 g/mol. The van der Waals surface area contributed by atoms with Crippen LogP contribution in [0.2, 0.25) is 0 Å². The van der Waals surface area contributed by atoms with Crippen molar-refractivity contribution in [3.8, 4) is 5.88 Å². The van der Waals surface area contributed by atoms with E-state index in [1.165, 1.54) is 0 Å². The van der Waals surface area contributed by atoms with Gasteiger partial charge >= 0.3 is 5.69 Å². The van der Waals surface area contributed by atoms with Crippen LogP contribution in [0.25, 0.3) is 11.7 Å². The van der Waals surface area contributed by atoms with E-state index < -0.39 is 5.69 Å². The van der Waals surface area contributed by atoms with Crippen LogP contribution in [0.3, 0.4) is 0 Å². The van der Waals surface area contributed by atoms with Crippen LogP contribution in [0.5, 0.6) is 5.88 Å². The lowest BCUT2D eigenvalue weighted by Crippen LogP contribution is -2.29. The fourth-order valence-corrected chi connectivity index (χ4v) is 3.13. The third kappa shape index (κ3) is 2.63. The highest BCUT2D eigenvalue weighted by atomic mass is 16.3. The van der Waals surface area contributed by atoms with E-state index in [0.29, 0.717) is 28.5 Å². The maximum atomic E-state index is 11.4. The van der Waals surface area contributed by atoms with Crippen LogP contribution >= 0.6 is 0 Å². The van der Waals surface area contributed by atoms with E-state index in [-0.39, 0.29) is 11.6 Å². The summed E-state index contributed by atoms with van der Waals surface area (Å²) >= 11 is 0. The van der Waals surface area contributed by atoms with Gasteiger partial charge in [0.2, 0.25) is 11.8 Å². The number of aromatic nitrogens is 6. The molecule has 3 aromatic heterocycles. The van der Waals surface area contributed by atoms with Gasteiger partial charge in [-0.25, -0.2) is 9.79 Å². The van der Waals surface area contributed by atoms with Gasteiger partial charge in [-0.05, 0) is 31.8 Å². The fraction of sp³-hybridized carbons (Fsp3) is 0.438. The lowest BCUT2D eigenvalue weighted by molar-refractivity contribution is 0.454. The summed E-state index contributed by atoms with van der Waals surface area (Å²) in [5.41, 5.74) is 0.961. The molecule has 0 unspecified atom stereocenters. The molecule has 0 amide bonds. The Kier molecular flexibility index (Phi) is 3.30. The summed E-state index contributed by atoms with van der Waals surface area (Å²) in [6.45, 7) is 1.86. The predicted molar refractivity (Wildman–Crippen MR) is 92.7 cm³/mol. The molecule has 3 aromatic rings. The molecule has 26 heavy (non-hydrogen) atoms. The van der Waals surface area contributed by atoms with Crippen molar-refractivity contribution in [1.29, 1.82) is 0 Å². The Labute approximate surface area is 146 Å². The van der Waals surface area contributed by atoms with Crippen LogP contribution in [0, 0.1) is 0 Å². The first kappa shape index (κ1) is 15.1. The van der Waals surface area contributed by atoms with Crippen LogP contribution in [0.15, 0.2) is 16.0 Å². The van der Waals surface area contributed by atoms with Gasteiger partial charge < -0.3 is 15.0 Å². The number of imidazole rings is 1. The molecule has 2 aliphatic rings. The first-order valence-corrected chi connectivity index (χ1v) is 8.75.